The van der Waals surface area contributed by atoms with Crippen LogP contribution in [-0.2, 0) is 91.3 Å². The summed E-state index contributed by atoms with van der Waals surface area (Å²) in [6.45, 7) is 0. The van der Waals surface area contributed by atoms with Crippen molar-refractivity contribution in [3.63, 3.8) is 0 Å². The summed E-state index contributed by atoms with van der Waals surface area (Å²) in [4.78, 5) is 433. The second kappa shape index (κ2) is 71.6. The van der Waals surface area contributed by atoms with Gasteiger partial charge in [0.2, 0.25) is 0 Å². The molecule has 0 aromatic heterocycles. The van der Waals surface area contributed by atoms with E-state index in [1.54, 1.807) is 0 Å². The van der Waals surface area contributed by atoms with E-state index in [4.69, 9.17) is 385 Å². The molecule has 0 spiro atoms. The molecule has 0 saturated carbocycles. The van der Waals surface area contributed by atoms with Crippen molar-refractivity contribution in [3.8, 4) is 0 Å². The smallest absolute Gasteiger partial charge is 0.756 e. The first-order valence-electron chi connectivity index (χ1n) is 15.6. The van der Waals surface area contributed by atoms with Crippen molar-refractivity contribution >= 4 is 156 Å². The second-order valence-corrected chi connectivity index (χ2v) is 30.7. The summed E-state index contributed by atoms with van der Waals surface area (Å²) in [6.07, 6.45) is 0. The van der Waals surface area contributed by atoms with Gasteiger partial charge in [-0.25, -0.2) is 86.7 Å². The van der Waals surface area contributed by atoms with Gasteiger partial charge < -0.3 is 294 Å². The monoisotopic (exact) mass is 2000 g/mol. The zero-order valence-corrected chi connectivity index (χ0v) is 65.9. The molecule has 101 heavy (non-hydrogen) atoms. The van der Waals surface area contributed by atoms with E-state index in [1.807, 2.05) is 0 Å². The molecule has 0 atom stereocenters. The van der Waals surface area contributed by atoms with E-state index in [1.165, 1.54) is 0 Å². The summed E-state index contributed by atoms with van der Waals surface area (Å²) in [5.74, 6) is 0. The second-order valence-electron chi connectivity index (χ2n) is 10.2. The molecule has 640 valence electrons. The standard InChI is InChI=1S/K.20H3O4P/c;20*1-5(2,3)4/h;20*(H3,1,2,3,4)/q+1;;;;;;;;;;;;;;;;;;;;/p-1. The largest absolute Gasteiger partial charge is 1.00 e. The Hall–Kier alpha value is 3.84. The van der Waals surface area contributed by atoms with Gasteiger partial charge >= 0.3 is 200 Å². The Bertz CT molecular complexity index is 1870. The number of hydrogen-bond acceptors (Lipinski definition) is 21. The topological polar surface area (TPSA) is 1560 Å². The first kappa shape index (κ1) is 161. The fourth-order valence-electron chi connectivity index (χ4n) is 0. The van der Waals surface area contributed by atoms with Gasteiger partial charge in [0.25, 0.3) is 7.82 Å². The minimum atomic E-state index is -4.89. The Morgan fingerprint density at radius 2 is 0.0990 bits per heavy atom. The van der Waals surface area contributed by atoms with E-state index >= 15 is 0 Å². The molecular formula is H59KO80P20. The van der Waals surface area contributed by atoms with Crippen LogP contribution in [0.5, 0.6) is 0 Å². The number of hydrogen-bond donors (Lipinski definition) is 59. The summed E-state index contributed by atoms with van der Waals surface area (Å²) < 4.78 is 178. The molecule has 0 fully saturated rings. The van der Waals surface area contributed by atoms with Gasteiger partial charge in [0.1, 0.15) is 0 Å². The molecule has 0 heterocycles. The van der Waals surface area contributed by atoms with Gasteiger partial charge in [0.15, 0.2) is 0 Å². The molecule has 0 rings (SSSR count). The van der Waals surface area contributed by atoms with E-state index in [9.17, 15) is 0 Å². The summed E-state index contributed by atoms with van der Waals surface area (Å²) >= 11 is 0. The quantitative estimate of drug-likeness (QED) is 0.0791. The van der Waals surface area contributed by atoms with Gasteiger partial charge in [-0.05, 0) is 0 Å². The fraction of sp³-hybridized carbons (Fsp3) is 0. The van der Waals surface area contributed by atoms with Crippen LogP contribution in [0.4, 0.5) is 0 Å². The Morgan fingerprint density at radius 3 is 0.0990 bits per heavy atom. The Morgan fingerprint density at radius 1 is 0.0990 bits per heavy atom. The van der Waals surface area contributed by atoms with E-state index in [2.05, 4.69) is 0 Å². The van der Waals surface area contributed by atoms with Crippen molar-refractivity contribution in [2.45, 2.75) is 0 Å². The number of phosphoric acid groups is 20. The van der Waals surface area contributed by atoms with E-state index < -0.39 is 156 Å². The van der Waals surface area contributed by atoms with Crippen LogP contribution in [0.2, 0.25) is 0 Å². The summed E-state index contributed by atoms with van der Waals surface area (Å²) in [5, 5.41) is 0. The SMILES string of the molecule is O=P(O)(O)O.O=P(O)(O)O.O=P(O)(O)O.O=P(O)(O)O.O=P(O)(O)O.O=P(O)(O)O.O=P(O)(O)O.O=P(O)(O)O.O=P(O)(O)O.O=P(O)(O)O.O=P(O)(O)O.O=P(O)(O)O.O=P(O)(O)O.O=P(O)(O)O.O=P(O)(O)O.O=P(O)(O)O.O=P(O)(O)O.O=P(O)(O)O.O=P(O)(O)O.O=P([O-])(O)O.[K+]. The molecule has 80 nitrogen and oxygen atoms in total. The predicted molar refractivity (Wildman–Crippen MR) is 283 cm³/mol. The molecule has 0 saturated heterocycles. The van der Waals surface area contributed by atoms with Crippen molar-refractivity contribution in [1.82, 2.24) is 0 Å². The molecule has 0 aliphatic heterocycles. The number of rotatable bonds is 0. The molecule has 0 aromatic carbocycles. The Labute approximate surface area is 589 Å². The van der Waals surface area contributed by atoms with Crippen molar-refractivity contribution in [1.29, 1.82) is 0 Å². The van der Waals surface area contributed by atoms with Crippen LogP contribution in [0, 0.1) is 0 Å². The van der Waals surface area contributed by atoms with E-state index in [0.717, 1.165) is 0 Å². The normalized spacial score (nSPS) is 11.7. The molecular weight excluding hydrogens is 1940 g/mol. The molecule has 0 unspecified atom stereocenters. The van der Waals surface area contributed by atoms with Crippen molar-refractivity contribution in [3.05, 3.63) is 0 Å². The van der Waals surface area contributed by atoms with Crippen molar-refractivity contribution in [2.75, 3.05) is 0 Å². The van der Waals surface area contributed by atoms with Gasteiger partial charge in [-0.3, -0.25) is 4.57 Å². The molecule has 0 bridgehead atoms. The van der Waals surface area contributed by atoms with Gasteiger partial charge in [-0.2, -0.15) is 0 Å². The molecule has 0 aliphatic carbocycles. The maximum absolute atomic E-state index is 8.88. The van der Waals surface area contributed by atoms with Gasteiger partial charge in [0, 0.05) is 0 Å². The van der Waals surface area contributed by atoms with Crippen molar-refractivity contribution < 1.29 is 436 Å². The zero-order chi connectivity index (χ0) is 90.0. The third-order valence-corrected chi connectivity index (χ3v) is 0. The fourth-order valence-corrected chi connectivity index (χ4v) is 0. The minimum absolute atomic E-state index is 0. The van der Waals surface area contributed by atoms with Crippen LogP contribution in [0.1, 0.15) is 0 Å². The zero-order valence-electron chi connectivity index (χ0n) is 44.9. The molecule has 0 amide bonds. The molecule has 59 N–H and O–H groups in total. The third-order valence-electron chi connectivity index (χ3n) is 0. The van der Waals surface area contributed by atoms with E-state index in [0.29, 0.717) is 0 Å². The third kappa shape index (κ3) is 73200. The van der Waals surface area contributed by atoms with Gasteiger partial charge in [-0.15, -0.1) is 0 Å². The Balaban J connectivity index is -0.0000000351. The summed E-state index contributed by atoms with van der Waals surface area (Å²) in [7, 11) is -93.0. The van der Waals surface area contributed by atoms with Crippen molar-refractivity contribution in [2.24, 2.45) is 0 Å². The summed E-state index contributed by atoms with van der Waals surface area (Å²) in [6, 6.07) is 0. The molecule has 101 heteroatoms. The first-order chi connectivity index (χ1) is 40.0. The van der Waals surface area contributed by atoms with Crippen LogP contribution >= 0.6 is 156 Å². The van der Waals surface area contributed by atoms with Crippen LogP contribution in [0.25, 0.3) is 0 Å². The Kier molecular flexibility index (Phi) is 114. The van der Waals surface area contributed by atoms with Gasteiger partial charge in [-0.1, -0.05) is 0 Å². The van der Waals surface area contributed by atoms with Gasteiger partial charge in [0.05, 0.1) is 0 Å². The average Bonchev–Trinajstić information content (AvgIpc) is 2.87. The first-order valence-corrected chi connectivity index (χ1v) is 46.9. The maximum atomic E-state index is 8.88. The average molecular weight is 2000 g/mol. The molecule has 0 aliphatic rings. The predicted octanol–water partition coefficient (Wildman–Crippen LogP) is -22.2. The molecule has 0 aromatic rings. The summed E-state index contributed by atoms with van der Waals surface area (Å²) in [5.41, 5.74) is 0. The maximum Gasteiger partial charge on any atom is 1.00 e. The van der Waals surface area contributed by atoms with E-state index in [-0.39, 0.29) is 51.4 Å². The minimum Gasteiger partial charge on any atom is -0.756 e. The van der Waals surface area contributed by atoms with Crippen LogP contribution in [-0.4, -0.2) is 289 Å². The van der Waals surface area contributed by atoms with Crippen LogP contribution < -0.4 is 56.3 Å². The van der Waals surface area contributed by atoms with Crippen LogP contribution in [0.3, 0.4) is 0 Å². The van der Waals surface area contributed by atoms with Crippen LogP contribution in [0.15, 0.2) is 0 Å². The molecule has 0 radical (unpaired) electrons.